The molecule has 0 aliphatic rings. The third-order valence-corrected chi connectivity index (χ3v) is 10.2. The van der Waals surface area contributed by atoms with Crippen LogP contribution in [-0.2, 0) is 0 Å². The molecule has 0 saturated heterocycles. The Kier molecular flexibility index (Phi) is 6.81. The summed E-state index contributed by atoms with van der Waals surface area (Å²) in [5.74, 6) is 0.860. The molecule has 0 spiro atoms. The van der Waals surface area contributed by atoms with Gasteiger partial charge in [-0.25, -0.2) is 0 Å². The van der Waals surface area contributed by atoms with Crippen LogP contribution in [0.3, 0.4) is 0 Å². The molecule has 0 N–H and O–H groups in total. The first-order chi connectivity index (χ1) is 20.3. The topological polar surface area (TPSA) is 9.23 Å². The van der Waals surface area contributed by atoms with Gasteiger partial charge in [0.25, 0.3) is 0 Å². The third kappa shape index (κ3) is 4.69. The second-order valence-corrected chi connectivity index (χ2v) is 12.3. The van der Waals surface area contributed by atoms with Gasteiger partial charge in [0.2, 0.25) is 0 Å². The van der Waals surface area contributed by atoms with Crippen molar-refractivity contribution < 1.29 is 4.74 Å². The maximum absolute atomic E-state index is 5.50. The molecule has 7 aromatic rings. The second-order valence-electron chi connectivity index (χ2n) is 10.1. The Hall–Kier alpha value is -4.71. The van der Waals surface area contributed by atoms with Gasteiger partial charge >= 0.3 is 0 Å². The molecule has 0 aromatic heterocycles. The fourth-order valence-electron chi connectivity index (χ4n) is 5.84. The number of methoxy groups -OCH3 is 1. The fourth-order valence-corrected chi connectivity index (χ4v) is 8.32. The van der Waals surface area contributed by atoms with Crippen LogP contribution in [-0.4, -0.2) is 7.11 Å². The summed E-state index contributed by atoms with van der Waals surface area (Å²) in [5.41, 5.74) is 4.98. The van der Waals surface area contributed by atoms with Gasteiger partial charge in [-0.15, -0.1) is 0 Å². The van der Waals surface area contributed by atoms with E-state index in [1.807, 2.05) is 0 Å². The van der Waals surface area contributed by atoms with Crippen LogP contribution in [0.25, 0.3) is 43.8 Å². The van der Waals surface area contributed by atoms with E-state index in [1.54, 1.807) is 7.11 Å². The summed E-state index contributed by atoms with van der Waals surface area (Å²) in [7, 11) is 0.888. The van der Waals surface area contributed by atoms with E-state index in [9.17, 15) is 0 Å². The summed E-state index contributed by atoms with van der Waals surface area (Å²) in [4.78, 5) is 0. The number of ether oxygens (including phenoxy) is 1. The van der Waals surface area contributed by atoms with Crippen LogP contribution in [0.5, 0.6) is 5.75 Å². The third-order valence-electron chi connectivity index (χ3n) is 7.76. The van der Waals surface area contributed by atoms with Crippen molar-refractivity contribution in [1.29, 1.82) is 0 Å². The lowest BCUT2D eigenvalue weighted by Crippen LogP contribution is -2.22. The Morgan fingerprint density at radius 2 is 0.951 bits per heavy atom. The van der Waals surface area contributed by atoms with E-state index in [0.717, 1.165) is 5.75 Å². The minimum absolute atomic E-state index is 0.828. The minimum Gasteiger partial charge on any atom is -0.497 e. The molecule has 0 heterocycles. The Labute approximate surface area is 242 Å². The first-order valence-electron chi connectivity index (χ1n) is 13.9. The van der Waals surface area contributed by atoms with Gasteiger partial charge in [-0.3, -0.25) is 0 Å². The molecule has 0 fully saturated rings. The summed E-state index contributed by atoms with van der Waals surface area (Å²) in [6.07, 6.45) is 0. The normalized spacial score (nSPS) is 11.3. The first kappa shape index (κ1) is 25.3. The van der Waals surface area contributed by atoms with Crippen molar-refractivity contribution >= 4 is 45.4 Å². The number of hydrogen-bond donors (Lipinski definition) is 0. The van der Waals surface area contributed by atoms with Gasteiger partial charge in [-0.05, 0) is 79.8 Å². The molecule has 2 heteroatoms. The summed E-state index contributed by atoms with van der Waals surface area (Å²) in [6.45, 7) is 0. The van der Waals surface area contributed by atoms with E-state index in [-0.39, 0.29) is 0 Å². The lowest BCUT2D eigenvalue weighted by molar-refractivity contribution is 0.415. The van der Waals surface area contributed by atoms with Crippen molar-refractivity contribution in [1.82, 2.24) is 0 Å². The van der Waals surface area contributed by atoms with Gasteiger partial charge in [0, 0.05) is 0 Å². The van der Waals surface area contributed by atoms with Gasteiger partial charge in [0.05, 0.1) is 7.11 Å². The molecular formula is C39H29OP. The predicted octanol–water partition coefficient (Wildman–Crippen LogP) is 9.09. The zero-order chi connectivity index (χ0) is 27.6. The smallest absolute Gasteiger partial charge is 0.118 e. The van der Waals surface area contributed by atoms with Gasteiger partial charge in [0.1, 0.15) is 5.75 Å². The lowest BCUT2D eigenvalue weighted by Gasteiger charge is -2.26. The highest BCUT2D eigenvalue weighted by Crippen LogP contribution is 2.45. The first-order valence-corrected chi connectivity index (χ1v) is 15.2. The molecule has 0 radical (unpaired) electrons. The van der Waals surface area contributed by atoms with E-state index in [4.69, 9.17) is 4.74 Å². The van der Waals surface area contributed by atoms with Crippen LogP contribution in [0.15, 0.2) is 158 Å². The Balaban J connectivity index is 1.62. The van der Waals surface area contributed by atoms with Crippen LogP contribution in [0.2, 0.25) is 0 Å². The SMILES string of the molecule is COc1ccc(-c2ccc3ccccc3c2-c2c(P(c3ccccc3)c3ccccc3)ccc3ccccc23)cc1. The van der Waals surface area contributed by atoms with Gasteiger partial charge in [-0.2, -0.15) is 0 Å². The average Bonchev–Trinajstić information content (AvgIpc) is 3.05. The van der Waals surface area contributed by atoms with Gasteiger partial charge in [0.15, 0.2) is 0 Å². The van der Waals surface area contributed by atoms with Crippen molar-refractivity contribution in [3.8, 4) is 28.0 Å². The zero-order valence-corrected chi connectivity index (χ0v) is 23.8. The Bertz CT molecular complexity index is 1920. The molecule has 7 rings (SSSR count). The standard InChI is InChI=1S/C39H29OP/c1-40-31-24-20-30(21-25-31)36-26-22-28-12-8-10-18-34(28)38(36)39-35-19-11-9-13-29(35)23-27-37(39)41(32-14-4-2-5-15-32)33-16-6-3-7-17-33/h2-27H,1H3. The predicted molar refractivity (Wildman–Crippen MR) is 178 cm³/mol. The average molecular weight is 545 g/mol. The fraction of sp³-hybridized carbons (Fsp3) is 0.0256. The molecule has 7 aromatic carbocycles. The van der Waals surface area contributed by atoms with Crippen LogP contribution in [0.1, 0.15) is 0 Å². The minimum atomic E-state index is -0.828. The molecular weight excluding hydrogens is 515 g/mol. The van der Waals surface area contributed by atoms with E-state index >= 15 is 0 Å². The Morgan fingerprint density at radius 3 is 1.54 bits per heavy atom. The van der Waals surface area contributed by atoms with Crippen molar-refractivity contribution in [3.63, 3.8) is 0 Å². The van der Waals surface area contributed by atoms with Crippen molar-refractivity contribution in [3.05, 3.63) is 158 Å². The highest BCUT2D eigenvalue weighted by atomic mass is 31.1. The maximum Gasteiger partial charge on any atom is 0.118 e. The number of benzene rings is 7. The highest BCUT2D eigenvalue weighted by molar-refractivity contribution is 7.80. The Morgan fingerprint density at radius 1 is 0.439 bits per heavy atom. The van der Waals surface area contributed by atoms with E-state index < -0.39 is 7.92 Å². The number of hydrogen-bond acceptors (Lipinski definition) is 1. The van der Waals surface area contributed by atoms with Crippen molar-refractivity contribution in [2.45, 2.75) is 0 Å². The summed E-state index contributed by atoms with van der Waals surface area (Å²) >= 11 is 0. The van der Waals surface area contributed by atoms with E-state index in [0.29, 0.717) is 0 Å². The number of fused-ring (bicyclic) bond motifs is 2. The molecule has 0 saturated carbocycles. The molecule has 1 nitrogen and oxygen atoms in total. The monoisotopic (exact) mass is 544 g/mol. The largest absolute Gasteiger partial charge is 0.497 e. The van der Waals surface area contributed by atoms with Crippen molar-refractivity contribution in [2.75, 3.05) is 7.11 Å². The molecule has 0 bridgehead atoms. The molecule has 0 amide bonds. The number of rotatable bonds is 6. The highest BCUT2D eigenvalue weighted by Gasteiger charge is 2.24. The quantitative estimate of drug-likeness (QED) is 0.190. The zero-order valence-electron chi connectivity index (χ0n) is 22.9. The van der Waals surface area contributed by atoms with Gasteiger partial charge in [-0.1, -0.05) is 146 Å². The van der Waals surface area contributed by atoms with E-state index in [2.05, 4.69) is 158 Å². The molecule has 0 unspecified atom stereocenters. The molecule has 0 aliphatic heterocycles. The van der Waals surface area contributed by atoms with E-state index in [1.165, 1.54) is 59.7 Å². The van der Waals surface area contributed by atoms with Crippen molar-refractivity contribution in [2.24, 2.45) is 0 Å². The van der Waals surface area contributed by atoms with Gasteiger partial charge < -0.3 is 4.74 Å². The summed E-state index contributed by atoms with van der Waals surface area (Å²) < 4.78 is 5.50. The molecule has 0 aliphatic carbocycles. The molecule has 41 heavy (non-hydrogen) atoms. The molecule has 0 atom stereocenters. The van der Waals surface area contributed by atoms with Crippen LogP contribution in [0, 0.1) is 0 Å². The maximum atomic E-state index is 5.50. The molecule has 196 valence electrons. The summed E-state index contributed by atoms with van der Waals surface area (Å²) in [5, 5.41) is 9.07. The van der Waals surface area contributed by atoms with Crippen LogP contribution < -0.4 is 20.7 Å². The summed E-state index contributed by atoms with van der Waals surface area (Å²) in [6, 6.07) is 57.3. The van der Waals surface area contributed by atoms with Crippen LogP contribution >= 0.6 is 7.92 Å². The second kappa shape index (κ2) is 11.0. The lowest BCUT2D eigenvalue weighted by atomic mass is 9.87. The van der Waals surface area contributed by atoms with Crippen LogP contribution in [0.4, 0.5) is 0 Å².